The molecule has 4 aromatic rings. The number of benzene rings is 2. The van der Waals surface area contributed by atoms with Crippen LogP contribution in [0.15, 0.2) is 84.9 Å². The second kappa shape index (κ2) is 21.7. The molecular formula is C25H33Hf2-3. The van der Waals surface area contributed by atoms with Gasteiger partial charge in [0, 0.05) is 25.8 Å². The number of hydrogen-bond donors (Lipinski definition) is 0. The third-order valence-electron chi connectivity index (χ3n) is 3.10. The topological polar surface area (TPSA) is 0 Å². The van der Waals surface area contributed by atoms with Gasteiger partial charge in [-0.05, 0) is 0 Å². The van der Waals surface area contributed by atoms with Crippen molar-refractivity contribution in [2.75, 3.05) is 0 Å². The number of fused-ring (bicyclic) bond motifs is 2. The van der Waals surface area contributed by atoms with Gasteiger partial charge in [0.2, 0.25) is 0 Å². The van der Waals surface area contributed by atoms with Gasteiger partial charge in [0.25, 0.3) is 0 Å². The van der Waals surface area contributed by atoms with Crippen LogP contribution in [-0.4, -0.2) is 0 Å². The molecule has 4 rings (SSSR count). The molecule has 0 amide bonds. The van der Waals surface area contributed by atoms with E-state index in [0.717, 1.165) is 0 Å². The molecule has 27 heavy (non-hydrogen) atoms. The van der Waals surface area contributed by atoms with Crippen molar-refractivity contribution in [3.8, 4) is 0 Å². The second-order valence-electron chi connectivity index (χ2n) is 4.89. The van der Waals surface area contributed by atoms with Gasteiger partial charge in [-0.2, -0.15) is 48.9 Å². The van der Waals surface area contributed by atoms with E-state index >= 15 is 0 Å². The molecule has 0 spiro atoms. The standard InChI is InChI=1S/2C9H7.C3H7.4CH3.2Hf/c2*1-2-5-9-7-3-6-8(9)4-1;1-3-2;;;;;;/h2*1-7H;3H,1-2H3;4*1H3;;/q7*-1;;+4. The van der Waals surface area contributed by atoms with Gasteiger partial charge in [-0.25, -0.2) is 0 Å². The Morgan fingerprint density at radius 1 is 0.593 bits per heavy atom. The van der Waals surface area contributed by atoms with Crippen molar-refractivity contribution in [3.63, 3.8) is 0 Å². The predicted octanol–water partition coefficient (Wildman–Crippen LogP) is 8.14. The van der Waals surface area contributed by atoms with Gasteiger partial charge in [-0.3, -0.25) is 0 Å². The van der Waals surface area contributed by atoms with Crippen molar-refractivity contribution in [1.82, 2.24) is 0 Å². The summed E-state index contributed by atoms with van der Waals surface area (Å²) in [5.74, 6) is 0. The fourth-order valence-electron chi connectivity index (χ4n) is 2.14. The molecule has 0 fully saturated rings. The molecule has 0 saturated heterocycles. The van der Waals surface area contributed by atoms with E-state index < -0.39 is 0 Å². The van der Waals surface area contributed by atoms with E-state index in [4.69, 9.17) is 0 Å². The van der Waals surface area contributed by atoms with Gasteiger partial charge >= 0.3 is 25.8 Å². The molecule has 144 valence electrons. The maximum absolute atomic E-state index is 2.12. The molecule has 0 aliphatic rings. The van der Waals surface area contributed by atoms with E-state index in [1.807, 2.05) is 20.3 Å². The average Bonchev–Trinajstić information content (AvgIpc) is 3.17. The molecule has 0 bridgehead atoms. The molecule has 0 heterocycles. The van der Waals surface area contributed by atoms with Crippen LogP contribution in [0.1, 0.15) is 13.8 Å². The summed E-state index contributed by atoms with van der Waals surface area (Å²) in [7, 11) is 0. The minimum absolute atomic E-state index is 0. The molecule has 0 aliphatic carbocycles. The van der Waals surface area contributed by atoms with Crippen LogP contribution >= 0.6 is 0 Å². The Morgan fingerprint density at radius 3 is 1.19 bits per heavy atom. The van der Waals surface area contributed by atoms with E-state index in [1.54, 1.807) is 0 Å². The summed E-state index contributed by atoms with van der Waals surface area (Å²) in [5, 5.41) is 5.32. The molecule has 0 atom stereocenters. The van der Waals surface area contributed by atoms with E-state index in [1.165, 1.54) is 21.5 Å². The maximum Gasteiger partial charge on any atom is 4.00 e. The van der Waals surface area contributed by atoms with Gasteiger partial charge < -0.3 is 36.1 Å². The van der Waals surface area contributed by atoms with Gasteiger partial charge in [0.05, 0.1) is 0 Å². The van der Waals surface area contributed by atoms with Crippen molar-refractivity contribution < 1.29 is 51.7 Å². The molecule has 0 N–H and O–H groups in total. The summed E-state index contributed by atoms with van der Waals surface area (Å²) in [6, 6.07) is 29.3. The summed E-state index contributed by atoms with van der Waals surface area (Å²) >= 11 is 0. The molecule has 2 heteroatoms. The van der Waals surface area contributed by atoms with Crippen molar-refractivity contribution in [2.24, 2.45) is 0 Å². The molecule has 0 saturated carbocycles. The molecular weight excluding hydrogens is 657 g/mol. The van der Waals surface area contributed by atoms with E-state index in [0.29, 0.717) is 0 Å². The molecule has 4 aromatic carbocycles. The van der Waals surface area contributed by atoms with E-state index in [-0.39, 0.29) is 81.4 Å². The monoisotopic (exact) mass is 693 g/mol. The van der Waals surface area contributed by atoms with Crippen LogP contribution < -0.4 is 0 Å². The normalized spacial score (nSPS) is 7.48. The summed E-state index contributed by atoms with van der Waals surface area (Å²) < 4.78 is 0. The molecule has 0 aliphatic heterocycles. The first kappa shape index (κ1) is 37.2. The first-order valence-electron chi connectivity index (χ1n) is 7.30. The quantitative estimate of drug-likeness (QED) is 0.129. The largest absolute Gasteiger partial charge is 4.00 e. The third kappa shape index (κ3) is 12.5. The fourth-order valence-corrected chi connectivity index (χ4v) is 2.14. The van der Waals surface area contributed by atoms with Crippen molar-refractivity contribution in [1.29, 1.82) is 0 Å². The summed E-state index contributed by atoms with van der Waals surface area (Å²) in [4.78, 5) is 0. The zero-order chi connectivity index (χ0) is 14.9. The summed E-state index contributed by atoms with van der Waals surface area (Å²) in [5.41, 5.74) is 0. The molecule has 0 nitrogen and oxygen atoms in total. The Hall–Kier alpha value is -0.600. The van der Waals surface area contributed by atoms with Crippen LogP contribution in [0.4, 0.5) is 0 Å². The van der Waals surface area contributed by atoms with Crippen LogP contribution in [0.2, 0.25) is 0 Å². The second-order valence-corrected chi connectivity index (χ2v) is 4.89. The molecule has 0 unspecified atom stereocenters. The zero-order valence-electron chi connectivity index (χ0n) is 17.7. The first-order valence-corrected chi connectivity index (χ1v) is 7.30. The molecule has 0 aromatic heterocycles. The average molecular weight is 691 g/mol. The number of rotatable bonds is 0. The van der Waals surface area contributed by atoms with Crippen LogP contribution in [0.25, 0.3) is 21.5 Å². The Morgan fingerprint density at radius 2 is 0.889 bits per heavy atom. The van der Waals surface area contributed by atoms with Gasteiger partial charge in [-0.15, -0.1) is 59.3 Å². The Bertz CT molecular complexity index is 639. The predicted molar refractivity (Wildman–Crippen MR) is 120 cm³/mol. The molecule has 0 radical (unpaired) electrons. The Labute approximate surface area is 206 Å². The van der Waals surface area contributed by atoms with Crippen molar-refractivity contribution in [2.45, 2.75) is 13.8 Å². The third-order valence-corrected chi connectivity index (χ3v) is 3.10. The smallest absolute Gasteiger partial charge is 0.358 e. The van der Waals surface area contributed by atoms with E-state index in [2.05, 4.69) is 84.9 Å². The van der Waals surface area contributed by atoms with Crippen LogP contribution in [0, 0.1) is 36.1 Å². The van der Waals surface area contributed by atoms with Gasteiger partial charge in [-0.1, -0.05) is 12.1 Å². The van der Waals surface area contributed by atoms with E-state index in [9.17, 15) is 0 Å². The minimum atomic E-state index is 0. The minimum Gasteiger partial charge on any atom is -0.358 e. The summed E-state index contributed by atoms with van der Waals surface area (Å²) in [6.07, 6.45) is 2.00. The van der Waals surface area contributed by atoms with Crippen LogP contribution in [-0.2, 0) is 51.7 Å². The maximum atomic E-state index is 2.12. The Balaban J connectivity index is -0.0000000876. The first-order chi connectivity index (χ1) is 10.3. The SMILES string of the molecule is C[CH-]C.[CH3-].[CH3-].[CH3-].[CH3-].[Hf+4].[Hf].c1ccc2[cH-]ccc2c1.c1ccc2[cH-]ccc2c1. The van der Waals surface area contributed by atoms with Gasteiger partial charge in [0.15, 0.2) is 0 Å². The van der Waals surface area contributed by atoms with Crippen LogP contribution in [0.3, 0.4) is 0 Å². The van der Waals surface area contributed by atoms with Gasteiger partial charge in [0.1, 0.15) is 0 Å². The zero-order valence-corrected chi connectivity index (χ0v) is 24.8. The number of hydrogen-bond acceptors (Lipinski definition) is 0. The van der Waals surface area contributed by atoms with Crippen LogP contribution in [0.5, 0.6) is 0 Å². The Kier molecular flexibility index (Phi) is 29.9. The summed E-state index contributed by atoms with van der Waals surface area (Å²) in [6.45, 7) is 4.00. The van der Waals surface area contributed by atoms with Crippen molar-refractivity contribution >= 4 is 21.5 Å². The van der Waals surface area contributed by atoms with Crippen molar-refractivity contribution in [3.05, 3.63) is 121 Å². The fraction of sp³-hybridized carbons (Fsp3) is 0.0800.